The Bertz CT molecular complexity index is 201. The standard InChI is InChI=1S/C5H7N3O/c1-4-2-7-3-8-5(4)9-6/h2-3H,6H2,1H3. The quantitative estimate of drug-likeness (QED) is 0.538. The van der Waals surface area contributed by atoms with Gasteiger partial charge in [-0.1, -0.05) is 0 Å². The van der Waals surface area contributed by atoms with Crippen LogP contribution in [0.5, 0.6) is 5.88 Å². The third kappa shape index (κ3) is 1.14. The number of aromatic nitrogens is 2. The summed E-state index contributed by atoms with van der Waals surface area (Å²) in [5, 5.41) is 0. The molecule has 0 saturated heterocycles. The van der Waals surface area contributed by atoms with Crippen molar-refractivity contribution < 1.29 is 4.84 Å². The summed E-state index contributed by atoms with van der Waals surface area (Å²) in [6.07, 6.45) is 3.02. The highest BCUT2D eigenvalue weighted by Gasteiger charge is 1.95. The fourth-order valence-corrected chi connectivity index (χ4v) is 0.511. The molecule has 0 saturated carbocycles. The number of aryl methyl sites for hydroxylation is 1. The van der Waals surface area contributed by atoms with E-state index in [2.05, 4.69) is 14.8 Å². The number of nitrogens with two attached hydrogens (primary N) is 1. The summed E-state index contributed by atoms with van der Waals surface area (Å²) in [4.78, 5) is 11.9. The zero-order chi connectivity index (χ0) is 6.69. The molecule has 0 unspecified atom stereocenters. The van der Waals surface area contributed by atoms with Crippen molar-refractivity contribution in [2.45, 2.75) is 6.92 Å². The Labute approximate surface area is 52.6 Å². The van der Waals surface area contributed by atoms with E-state index in [4.69, 9.17) is 5.90 Å². The largest absolute Gasteiger partial charge is 0.391 e. The monoisotopic (exact) mass is 125 g/mol. The molecular weight excluding hydrogens is 118 g/mol. The Hall–Kier alpha value is -1.16. The second-order valence-corrected chi connectivity index (χ2v) is 1.63. The van der Waals surface area contributed by atoms with Crippen molar-refractivity contribution in [2.75, 3.05) is 0 Å². The summed E-state index contributed by atoms with van der Waals surface area (Å²) >= 11 is 0. The van der Waals surface area contributed by atoms with Gasteiger partial charge in [0.15, 0.2) is 0 Å². The van der Waals surface area contributed by atoms with Crippen LogP contribution in [0, 0.1) is 6.92 Å². The van der Waals surface area contributed by atoms with Gasteiger partial charge in [0.05, 0.1) is 0 Å². The summed E-state index contributed by atoms with van der Waals surface area (Å²) < 4.78 is 0. The maximum Gasteiger partial charge on any atom is 0.243 e. The predicted molar refractivity (Wildman–Crippen MR) is 31.6 cm³/mol. The molecule has 0 spiro atoms. The third-order valence-electron chi connectivity index (χ3n) is 0.959. The van der Waals surface area contributed by atoms with Gasteiger partial charge < -0.3 is 4.84 Å². The minimum Gasteiger partial charge on any atom is -0.391 e. The van der Waals surface area contributed by atoms with Crippen LogP contribution in [0.1, 0.15) is 5.56 Å². The Morgan fingerprint density at radius 3 is 2.89 bits per heavy atom. The normalized spacial score (nSPS) is 9.11. The Balaban J connectivity index is 3.01. The van der Waals surface area contributed by atoms with Gasteiger partial charge >= 0.3 is 0 Å². The van der Waals surface area contributed by atoms with Crippen molar-refractivity contribution in [3.8, 4) is 5.88 Å². The van der Waals surface area contributed by atoms with Crippen LogP contribution in [-0.4, -0.2) is 9.97 Å². The van der Waals surface area contributed by atoms with E-state index in [-0.39, 0.29) is 0 Å². The highest BCUT2D eigenvalue weighted by atomic mass is 16.6. The smallest absolute Gasteiger partial charge is 0.243 e. The van der Waals surface area contributed by atoms with Gasteiger partial charge in [-0.15, -0.1) is 0 Å². The third-order valence-corrected chi connectivity index (χ3v) is 0.959. The summed E-state index contributed by atoms with van der Waals surface area (Å²) in [7, 11) is 0. The Morgan fingerprint density at radius 2 is 2.44 bits per heavy atom. The number of nitrogens with zero attached hydrogens (tertiary/aromatic N) is 2. The predicted octanol–water partition coefficient (Wildman–Crippen LogP) is 0.0375. The molecule has 0 aliphatic carbocycles. The van der Waals surface area contributed by atoms with Gasteiger partial charge in [-0.05, 0) is 6.92 Å². The zero-order valence-corrected chi connectivity index (χ0v) is 5.03. The van der Waals surface area contributed by atoms with Gasteiger partial charge in [0.2, 0.25) is 5.88 Å². The molecule has 0 amide bonds. The van der Waals surface area contributed by atoms with Crippen molar-refractivity contribution in [1.29, 1.82) is 0 Å². The zero-order valence-electron chi connectivity index (χ0n) is 5.03. The van der Waals surface area contributed by atoms with Crippen LogP contribution in [0.4, 0.5) is 0 Å². The molecule has 1 heterocycles. The molecule has 1 aromatic rings. The molecule has 2 N–H and O–H groups in total. The molecular formula is C5H7N3O. The lowest BCUT2D eigenvalue weighted by Gasteiger charge is -1.97. The fourth-order valence-electron chi connectivity index (χ4n) is 0.511. The van der Waals surface area contributed by atoms with Crippen molar-refractivity contribution in [2.24, 2.45) is 5.90 Å². The number of rotatable bonds is 1. The van der Waals surface area contributed by atoms with Crippen molar-refractivity contribution in [1.82, 2.24) is 9.97 Å². The summed E-state index contributed by atoms with van der Waals surface area (Å²) in [5.74, 6) is 5.28. The molecule has 9 heavy (non-hydrogen) atoms. The van der Waals surface area contributed by atoms with Crippen LogP contribution in [-0.2, 0) is 0 Å². The van der Waals surface area contributed by atoms with Gasteiger partial charge in [-0.3, -0.25) is 0 Å². The topological polar surface area (TPSA) is 61.0 Å². The average Bonchev–Trinajstić information content (AvgIpc) is 1.89. The Morgan fingerprint density at radius 1 is 1.67 bits per heavy atom. The lowest BCUT2D eigenvalue weighted by atomic mass is 10.4. The second-order valence-electron chi connectivity index (χ2n) is 1.63. The van der Waals surface area contributed by atoms with Crippen LogP contribution >= 0.6 is 0 Å². The van der Waals surface area contributed by atoms with Gasteiger partial charge in [0, 0.05) is 11.8 Å². The van der Waals surface area contributed by atoms with E-state index >= 15 is 0 Å². The van der Waals surface area contributed by atoms with Crippen LogP contribution < -0.4 is 10.7 Å². The lowest BCUT2D eigenvalue weighted by Crippen LogP contribution is -2.05. The van der Waals surface area contributed by atoms with E-state index in [1.54, 1.807) is 6.20 Å². The van der Waals surface area contributed by atoms with Crippen LogP contribution in [0.2, 0.25) is 0 Å². The molecule has 0 aliphatic heterocycles. The lowest BCUT2D eigenvalue weighted by molar-refractivity contribution is 0.317. The maximum atomic E-state index is 4.86. The van der Waals surface area contributed by atoms with Crippen LogP contribution in [0.25, 0.3) is 0 Å². The van der Waals surface area contributed by atoms with Crippen LogP contribution in [0.15, 0.2) is 12.5 Å². The minimum atomic E-state index is 0.421. The Kier molecular flexibility index (Phi) is 1.60. The van der Waals surface area contributed by atoms with E-state index in [0.717, 1.165) is 5.56 Å². The minimum absolute atomic E-state index is 0.421. The van der Waals surface area contributed by atoms with Gasteiger partial charge in [-0.25, -0.2) is 4.98 Å². The summed E-state index contributed by atoms with van der Waals surface area (Å²) in [6, 6.07) is 0. The first-order valence-electron chi connectivity index (χ1n) is 2.48. The molecule has 0 atom stereocenters. The molecule has 0 aliphatic rings. The second kappa shape index (κ2) is 2.41. The first-order chi connectivity index (χ1) is 4.34. The van der Waals surface area contributed by atoms with E-state index in [1.165, 1.54) is 6.33 Å². The number of hydrogen-bond donors (Lipinski definition) is 1. The molecule has 1 aromatic heterocycles. The van der Waals surface area contributed by atoms with Gasteiger partial charge in [0.1, 0.15) is 6.33 Å². The summed E-state index contributed by atoms with van der Waals surface area (Å²) in [6.45, 7) is 1.82. The molecule has 0 fully saturated rings. The molecule has 4 heteroatoms. The number of hydrogen-bond acceptors (Lipinski definition) is 4. The van der Waals surface area contributed by atoms with Crippen molar-refractivity contribution in [3.05, 3.63) is 18.1 Å². The first kappa shape index (κ1) is 5.97. The molecule has 0 aromatic carbocycles. The fraction of sp³-hybridized carbons (Fsp3) is 0.200. The molecule has 0 bridgehead atoms. The van der Waals surface area contributed by atoms with Gasteiger partial charge in [0.25, 0.3) is 0 Å². The van der Waals surface area contributed by atoms with E-state index in [9.17, 15) is 0 Å². The van der Waals surface area contributed by atoms with Crippen LogP contribution in [0.3, 0.4) is 0 Å². The van der Waals surface area contributed by atoms with E-state index in [1.807, 2.05) is 6.92 Å². The highest BCUT2D eigenvalue weighted by Crippen LogP contribution is 2.07. The van der Waals surface area contributed by atoms with Crippen molar-refractivity contribution >= 4 is 0 Å². The van der Waals surface area contributed by atoms with E-state index in [0.29, 0.717) is 5.88 Å². The maximum absolute atomic E-state index is 4.86. The molecule has 4 nitrogen and oxygen atoms in total. The van der Waals surface area contributed by atoms with Gasteiger partial charge in [-0.2, -0.15) is 10.9 Å². The SMILES string of the molecule is Cc1cncnc1ON. The van der Waals surface area contributed by atoms with E-state index < -0.39 is 0 Å². The first-order valence-corrected chi connectivity index (χ1v) is 2.48. The average molecular weight is 125 g/mol. The van der Waals surface area contributed by atoms with Crippen molar-refractivity contribution in [3.63, 3.8) is 0 Å². The summed E-state index contributed by atoms with van der Waals surface area (Å²) in [5.41, 5.74) is 0.833. The highest BCUT2D eigenvalue weighted by molar-refractivity contribution is 5.18. The molecule has 0 radical (unpaired) electrons. The molecule has 1 rings (SSSR count). The molecule has 48 valence electrons.